The number of pyridine rings is 1. The van der Waals surface area contributed by atoms with Crippen LogP contribution >= 0.6 is 0 Å². The van der Waals surface area contributed by atoms with Crippen molar-refractivity contribution in [1.29, 1.82) is 5.26 Å². The fourth-order valence-corrected chi connectivity index (χ4v) is 2.27. The molecule has 106 valence electrons. The van der Waals surface area contributed by atoms with Crippen molar-refractivity contribution in [2.24, 2.45) is 0 Å². The molecule has 0 radical (unpaired) electrons. The first kappa shape index (κ1) is 14.5. The number of aromatic nitrogens is 1. The lowest BCUT2D eigenvalue weighted by Crippen LogP contribution is -2.23. The molecule has 0 aliphatic carbocycles. The second-order valence-electron chi connectivity index (χ2n) is 4.91. The van der Waals surface area contributed by atoms with E-state index in [1.165, 1.54) is 10.8 Å². The van der Waals surface area contributed by atoms with Crippen LogP contribution in [-0.2, 0) is 6.54 Å². The van der Waals surface area contributed by atoms with Crippen LogP contribution in [0.5, 0.6) is 0 Å². The zero-order valence-corrected chi connectivity index (χ0v) is 11.7. The van der Waals surface area contributed by atoms with E-state index < -0.39 is 10.5 Å². The predicted molar refractivity (Wildman–Crippen MR) is 77.1 cm³/mol. The van der Waals surface area contributed by atoms with Crippen molar-refractivity contribution in [1.82, 2.24) is 4.57 Å². The second-order valence-corrected chi connectivity index (χ2v) is 4.91. The van der Waals surface area contributed by atoms with Gasteiger partial charge in [0.25, 0.3) is 11.2 Å². The average molecular weight is 283 g/mol. The van der Waals surface area contributed by atoms with Crippen molar-refractivity contribution < 1.29 is 4.92 Å². The summed E-state index contributed by atoms with van der Waals surface area (Å²) in [5, 5.41) is 19.8. The zero-order valence-electron chi connectivity index (χ0n) is 11.7. The first-order valence-corrected chi connectivity index (χ1v) is 6.27. The van der Waals surface area contributed by atoms with Crippen molar-refractivity contribution >= 4 is 5.69 Å². The van der Waals surface area contributed by atoms with Crippen LogP contribution < -0.4 is 5.56 Å². The van der Waals surface area contributed by atoms with Gasteiger partial charge in [0.1, 0.15) is 11.6 Å². The highest BCUT2D eigenvalue weighted by Crippen LogP contribution is 2.13. The Morgan fingerprint density at radius 1 is 1.24 bits per heavy atom. The van der Waals surface area contributed by atoms with Crippen LogP contribution in [0.3, 0.4) is 0 Å². The molecule has 2 rings (SSSR count). The number of nitrogens with zero attached hydrogens (tertiary/aromatic N) is 3. The fraction of sp³-hybridized carbons (Fsp3) is 0.200. The second kappa shape index (κ2) is 5.59. The summed E-state index contributed by atoms with van der Waals surface area (Å²) in [6.07, 6.45) is 1.17. The lowest BCUT2D eigenvalue weighted by Gasteiger charge is -2.08. The molecule has 0 saturated carbocycles. The molecule has 0 amide bonds. The number of rotatable bonds is 3. The van der Waals surface area contributed by atoms with Gasteiger partial charge in [-0.25, -0.2) is 0 Å². The monoisotopic (exact) mass is 283 g/mol. The molecular weight excluding hydrogens is 270 g/mol. The molecule has 0 bridgehead atoms. The number of nitriles is 1. The van der Waals surface area contributed by atoms with Gasteiger partial charge < -0.3 is 4.57 Å². The van der Waals surface area contributed by atoms with Crippen molar-refractivity contribution in [3.8, 4) is 6.07 Å². The van der Waals surface area contributed by atoms with Gasteiger partial charge in [0.15, 0.2) is 0 Å². The predicted octanol–water partition coefficient (Wildman–Crippen LogP) is 2.29. The van der Waals surface area contributed by atoms with E-state index in [1.54, 1.807) is 6.07 Å². The van der Waals surface area contributed by atoms with Gasteiger partial charge >= 0.3 is 0 Å². The standard InChI is InChI=1S/C15H13N3O3/c1-10-3-11(2)5-12(4-10)8-17-9-14(18(20)21)6-13(7-16)15(17)19/h3-6,9H,8H2,1-2H3. The van der Waals surface area contributed by atoms with E-state index in [2.05, 4.69) is 0 Å². The van der Waals surface area contributed by atoms with Gasteiger partial charge in [-0.1, -0.05) is 29.3 Å². The Balaban J connectivity index is 2.53. The van der Waals surface area contributed by atoms with Gasteiger partial charge in [-0.15, -0.1) is 0 Å². The number of hydrogen-bond acceptors (Lipinski definition) is 4. The van der Waals surface area contributed by atoms with Gasteiger partial charge in [-0.3, -0.25) is 14.9 Å². The van der Waals surface area contributed by atoms with Gasteiger partial charge in [-0.05, 0) is 19.4 Å². The number of benzene rings is 1. The van der Waals surface area contributed by atoms with Crippen LogP contribution in [0.2, 0.25) is 0 Å². The maximum atomic E-state index is 12.1. The van der Waals surface area contributed by atoms with E-state index in [1.807, 2.05) is 32.0 Å². The number of aryl methyl sites for hydroxylation is 2. The zero-order chi connectivity index (χ0) is 15.6. The summed E-state index contributed by atoms with van der Waals surface area (Å²) in [7, 11) is 0. The molecule has 0 aliphatic rings. The summed E-state index contributed by atoms with van der Waals surface area (Å²) in [6, 6.07) is 8.52. The molecule has 1 aromatic heterocycles. The molecule has 2 aromatic rings. The third kappa shape index (κ3) is 3.15. The molecule has 21 heavy (non-hydrogen) atoms. The minimum absolute atomic E-state index is 0.192. The highest BCUT2D eigenvalue weighted by molar-refractivity contribution is 5.38. The minimum atomic E-state index is -0.613. The summed E-state index contributed by atoms with van der Waals surface area (Å²) in [5.74, 6) is 0. The first-order chi connectivity index (χ1) is 9.90. The van der Waals surface area contributed by atoms with Crippen LogP contribution in [0.25, 0.3) is 0 Å². The van der Waals surface area contributed by atoms with E-state index in [0.717, 1.165) is 22.8 Å². The Hall–Kier alpha value is -2.94. The third-order valence-corrected chi connectivity index (χ3v) is 3.04. The van der Waals surface area contributed by atoms with Gasteiger partial charge in [0, 0.05) is 6.07 Å². The Morgan fingerprint density at radius 3 is 2.38 bits per heavy atom. The first-order valence-electron chi connectivity index (χ1n) is 6.27. The minimum Gasteiger partial charge on any atom is -0.303 e. The van der Waals surface area contributed by atoms with Crippen molar-refractivity contribution in [3.05, 3.63) is 73.2 Å². The van der Waals surface area contributed by atoms with Crippen molar-refractivity contribution in [2.75, 3.05) is 0 Å². The quantitative estimate of drug-likeness (QED) is 0.638. The average Bonchev–Trinajstić information content (AvgIpc) is 2.39. The SMILES string of the molecule is Cc1cc(C)cc(Cn2cc([N+](=O)[O-])cc(C#N)c2=O)c1. The lowest BCUT2D eigenvalue weighted by molar-refractivity contribution is -0.385. The Bertz CT molecular complexity index is 796. The van der Waals surface area contributed by atoms with E-state index in [0.29, 0.717) is 0 Å². The molecule has 0 saturated heterocycles. The van der Waals surface area contributed by atoms with Crippen LogP contribution in [0.4, 0.5) is 5.69 Å². The van der Waals surface area contributed by atoms with Gasteiger partial charge in [-0.2, -0.15) is 5.26 Å². The highest BCUT2D eigenvalue weighted by Gasteiger charge is 2.14. The summed E-state index contributed by atoms with van der Waals surface area (Å²) in [5.41, 5.74) is 1.93. The molecule has 0 fully saturated rings. The maximum absolute atomic E-state index is 12.1. The van der Waals surface area contributed by atoms with Gasteiger partial charge in [0.2, 0.25) is 0 Å². The number of nitro groups is 1. The molecule has 0 N–H and O–H groups in total. The molecule has 0 spiro atoms. The molecule has 0 aliphatic heterocycles. The molecule has 0 unspecified atom stereocenters. The molecule has 6 heteroatoms. The smallest absolute Gasteiger partial charge is 0.287 e. The molecular formula is C15H13N3O3. The van der Waals surface area contributed by atoms with Crippen LogP contribution in [0.1, 0.15) is 22.3 Å². The van der Waals surface area contributed by atoms with Crippen molar-refractivity contribution in [2.45, 2.75) is 20.4 Å². The van der Waals surface area contributed by atoms with E-state index in [9.17, 15) is 14.9 Å². The number of hydrogen-bond donors (Lipinski definition) is 0. The molecule has 6 nitrogen and oxygen atoms in total. The van der Waals surface area contributed by atoms with Crippen LogP contribution in [0.15, 0.2) is 35.3 Å². The summed E-state index contributed by atoms with van der Waals surface area (Å²) in [4.78, 5) is 22.3. The lowest BCUT2D eigenvalue weighted by atomic mass is 10.1. The fourth-order valence-electron chi connectivity index (χ4n) is 2.27. The Morgan fingerprint density at radius 2 is 1.86 bits per heavy atom. The highest BCUT2D eigenvalue weighted by atomic mass is 16.6. The Kier molecular flexibility index (Phi) is 3.85. The summed E-state index contributed by atoms with van der Waals surface area (Å²) in [6.45, 7) is 4.07. The van der Waals surface area contributed by atoms with Crippen LogP contribution in [0, 0.1) is 35.3 Å². The van der Waals surface area contributed by atoms with E-state index in [-0.39, 0.29) is 17.8 Å². The molecule has 1 aromatic carbocycles. The topological polar surface area (TPSA) is 88.9 Å². The largest absolute Gasteiger partial charge is 0.303 e. The van der Waals surface area contributed by atoms with Gasteiger partial charge in [0.05, 0.1) is 17.7 Å². The molecule has 0 atom stereocenters. The molecule has 1 heterocycles. The van der Waals surface area contributed by atoms with E-state index in [4.69, 9.17) is 5.26 Å². The Labute approximate surface area is 121 Å². The third-order valence-electron chi connectivity index (χ3n) is 3.04. The van der Waals surface area contributed by atoms with Crippen LogP contribution in [-0.4, -0.2) is 9.49 Å². The normalized spacial score (nSPS) is 10.1. The van der Waals surface area contributed by atoms with E-state index >= 15 is 0 Å². The maximum Gasteiger partial charge on any atom is 0.287 e. The summed E-state index contributed by atoms with van der Waals surface area (Å²) < 4.78 is 1.20. The van der Waals surface area contributed by atoms with Crippen molar-refractivity contribution in [3.63, 3.8) is 0 Å². The summed E-state index contributed by atoms with van der Waals surface area (Å²) >= 11 is 0.